The minimum absolute atomic E-state index is 0.0140. The molecule has 2 atom stereocenters. The van der Waals surface area contributed by atoms with Gasteiger partial charge in [0.25, 0.3) is 0 Å². The summed E-state index contributed by atoms with van der Waals surface area (Å²) in [6.45, 7) is 1.99. The van der Waals surface area contributed by atoms with Crippen LogP contribution in [0.25, 0.3) is 0 Å². The Morgan fingerprint density at radius 3 is 2.86 bits per heavy atom. The van der Waals surface area contributed by atoms with E-state index < -0.39 is 11.5 Å². The van der Waals surface area contributed by atoms with E-state index in [1.807, 2.05) is 31.2 Å². The molecule has 14 heavy (non-hydrogen) atoms. The molecule has 1 fully saturated rings. The number of benzene rings is 1. The van der Waals surface area contributed by atoms with Gasteiger partial charge < -0.3 is 10.8 Å². The molecule has 2 rings (SSSR count). The standard InChI is InChI=1S/C11H13NO2/c1-7-3-2-4-8(5-7)9-6-11(9,12)10(13)14/h2-5,9H,6,12H2,1H3,(H,13,14)/t9-,11+/m0/s1. The molecule has 0 radical (unpaired) electrons. The van der Waals surface area contributed by atoms with Crippen molar-refractivity contribution in [3.05, 3.63) is 35.4 Å². The Morgan fingerprint density at radius 2 is 2.36 bits per heavy atom. The predicted molar refractivity (Wildman–Crippen MR) is 53.1 cm³/mol. The number of carboxylic acids is 1. The molecule has 0 amide bonds. The number of hydrogen-bond acceptors (Lipinski definition) is 2. The highest BCUT2D eigenvalue weighted by Crippen LogP contribution is 2.49. The van der Waals surface area contributed by atoms with Crippen molar-refractivity contribution in [3.63, 3.8) is 0 Å². The van der Waals surface area contributed by atoms with Crippen molar-refractivity contribution >= 4 is 5.97 Å². The lowest BCUT2D eigenvalue weighted by molar-refractivity contribution is -0.139. The van der Waals surface area contributed by atoms with E-state index in [4.69, 9.17) is 10.8 Å². The van der Waals surface area contributed by atoms with Crippen LogP contribution in [0.5, 0.6) is 0 Å². The molecule has 0 heterocycles. The van der Waals surface area contributed by atoms with Crippen molar-refractivity contribution in [2.24, 2.45) is 5.73 Å². The summed E-state index contributed by atoms with van der Waals surface area (Å²) < 4.78 is 0. The van der Waals surface area contributed by atoms with Gasteiger partial charge in [-0.1, -0.05) is 29.8 Å². The number of hydrogen-bond donors (Lipinski definition) is 2. The van der Waals surface area contributed by atoms with Gasteiger partial charge in [-0.25, -0.2) is 0 Å². The smallest absolute Gasteiger partial charge is 0.324 e. The van der Waals surface area contributed by atoms with E-state index in [1.165, 1.54) is 0 Å². The van der Waals surface area contributed by atoms with E-state index in [2.05, 4.69) is 0 Å². The van der Waals surface area contributed by atoms with Crippen LogP contribution in [0.4, 0.5) is 0 Å². The first-order chi connectivity index (χ1) is 6.54. The summed E-state index contributed by atoms with van der Waals surface area (Å²) in [6, 6.07) is 7.87. The highest BCUT2D eigenvalue weighted by molar-refractivity contribution is 5.84. The molecule has 1 aliphatic carbocycles. The Labute approximate surface area is 82.5 Å². The molecule has 0 bridgehead atoms. The van der Waals surface area contributed by atoms with Gasteiger partial charge in [0.2, 0.25) is 0 Å². The molecule has 74 valence electrons. The predicted octanol–water partition coefficient (Wildman–Crippen LogP) is 1.26. The number of carboxylic acid groups (broad SMARTS) is 1. The van der Waals surface area contributed by atoms with E-state index in [-0.39, 0.29) is 5.92 Å². The quantitative estimate of drug-likeness (QED) is 0.739. The zero-order valence-electron chi connectivity index (χ0n) is 8.03. The van der Waals surface area contributed by atoms with E-state index in [9.17, 15) is 4.79 Å². The first-order valence-electron chi connectivity index (χ1n) is 4.63. The van der Waals surface area contributed by atoms with Crippen LogP contribution in [-0.2, 0) is 4.79 Å². The van der Waals surface area contributed by atoms with Gasteiger partial charge in [0.05, 0.1) is 0 Å². The van der Waals surface area contributed by atoms with Crippen LogP contribution >= 0.6 is 0 Å². The molecule has 3 nitrogen and oxygen atoms in total. The lowest BCUT2D eigenvalue weighted by atomic mass is 10.0. The minimum atomic E-state index is -1.02. The normalized spacial score (nSPS) is 30.0. The van der Waals surface area contributed by atoms with Crippen LogP contribution in [-0.4, -0.2) is 16.6 Å². The van der Waals surface area contributed by atoms with Crippen LogP contribution in [0.15, 0.2) is 24.3 Å². The zero-order chi connectivity index (χ0) is 10.3. The highest BCUT2D eigenvalue weighted by Gasteiger charge is 2.58. The SMILES string of the molecule is Cc1cccc([C@@H]2C[C@]2(N)C(=O)O)c1. The van der Waals surface area contributed by atoms with Crippen molar-refractivity contribution in [3.8, 4) is 0 Å². The van der Waals surface area contributed by atoms with Gasteiger partial charge in [-0.15, -0.1) is 0 Å². The number of rotatable bonds is 2. The maximum atomic E-state index is 10.8. The van der Waals surface area contributed by atoms with E-state index in [0.717, 1.165) is 11.1 Å². The second kappa shape index (κ2) is 2.82. The second-order valence-electron chi connectivity index (χ2n) is 4.02. The first-order valence-corrected chi connectivity index (χ1v) is 4.63. The topological polar surface area (TPSA) is 63.3 Å². The van der Waals surface area contributed by atoms with Gasteiger partial charge in [0.1, 0.15) is 5.54 Å². The molecule has 0 saturated heterocycles. The summed E-state index contributed by atoms with van der Waals surface area (Å²) in [7, 11) is 0. The monoisotopic (exact) mass is 191 g/mol. The van der Waals surface area contributed by atoms with Crippen molar-refractivity contribution in [2.75, 3.05) is 0 Å². The lowest BCUT2D eigenvalue weighted by Crippen LogP contribution is -2.34. The van der Waals surface area contributed by atoms with Gasteiger partial charge >= 0.3 is 5.97 Å². The molecule has 0 aliphatic heterocycles. The van der Waals surface area contributed by atoms with Crippen molar-refractivity contribution in [2.45, 2.75) is 24.8 Å². The lowest BCUT2D eigenvalue weighted by Gasteiger charge is -2.05. The molecule has 0 spiro atoms. The molecule has 1 saturated carbocycles. The fraction of sp³-hybridized carbons (Fsp3) is 0.364. The fourth-order valence-electron chi connectivity index (χ4n) is 1.82. The molecule has 1 aromatic carbocycles. The maximum absolute atomic E-state index is 10.8. The summed E-state index contributed by atoms with van der Waals surface area (Å²) in [5.74, 6) is -0.913. The first kappa shape index (κ1) is 9.21. The summed E-state index contributed by atoms with van der Waals surface area (Å²) in [4.78, 5) is 10.8. The Balaban J connectivity index is 2.25. The zero-order valence-corrected chi connectivity index (χ0v) is 8.03. The molecule has 0 aromatic heterocycles. The fourth-order valence-corrected chi connectivity index (χ4v) is 1.82. The van der Waals surface area contributed by atoms with Crippen LogP contribution < -0.4 is 5.73 Å². The number of aliphatic carboxylic acids is 1. The molecule has 3 heteroatoms. The van der Waals surface area contributed by atoms with Crippen LogP contribution in [0, 0.1) is 6.92 Å². The van der Waals surface area contributed by atoms with E-state index >= 15 is 0 Å². The van der Waals surface area contributed by atoms with E-state index in [1.54, 1.807) is 0 Å². The van der Waals surface area contributed by atoms with Crippen LogP contribution in [0.3, 0.4) is 0 Å². The molecular weight excluding hydrogens is 178 g/mol. The van der Waals surface area contributed by atoms with Crippen LogP contribution in [0.1, 0.15) is 23.5 Å². The number of nitrogens with two attached hydrogens (primary N) is 1. The third-order valence-corrected chi connectivity index (χ3v) is 2.85. The number of carbonyl (C=O) groups is 1. The Morgan fingerprint density at radius 1 is 1.64 bits per heavy atom. The molecular formula is C11H13NO2. The molecule has 3 N–H and O–H groups in total. The van der Waals surface area contributed by atoms with Crippen LogP contribution in [0.2, 0.25) is 0 Å². The molecule has 1 aliphatic rings. The summed E-state index contributed by atoms with van der Waals surface area (Å²) in [6.07, 6.45) is 0.547. The Bertz CT molecular complexity index is 389. The number of aryl methyl sites for hydroxylation is 1. The van der Waals surface area contributed by atoms with Gasteiger partial charge in [0, 0.05) is 5.92 Å². The van der Waals surface area contributed by atoms with Crippen molar-refractivity contribution < 1.29 is 9.90 Å². The van der Waals surface area contributed by atoms with Crippen molar-refractivity contribution in [1.82, 2.24) is 0 Å². The van der Waals surface area contributed by atoms with Crippen molar-refractivity contribution in [1.29, 1.82) is 0 Å². The maximum Gasteiger partial charge on any atom is 0.324 e. The minimum Gasteiger partial charge on any atom is -0.480 e. The van der Waals surface area contributed by atoms with E-state index in [0.29, 0.717) is 6.42 Å². The Hall–Kier alpha value is -1.35. The molecule has 0 unspecified atom stereocenters. The summed E-state index contributed by atoms with van der Waals surface area (Å²) >= 11 is 0. The van der Waals surface area contributed by atoms with Gasteiger partial charge in [0.15, 0.2) is 0 Å². The summed E-state index contributed by atoms with van der Waals surface area (Å²) in [5.41, 5.74) is 6.87. The average Bonchev–Trinajstić information content (AvgIpc) is 2.80. The third kappa shape index (κ3) is 1.30. The third-order valence-electron chi connectivity index (χ3n) is 2.85. The average molecular weight is 191 g/mol. The second-order valence-corrected chi connectivity index (χ2v) is 4.02. The Kier molecular flexibility index (Phi) is 1.86. The van der Waals surface area contributed by atoms with Gasteiger partial charge in [-0.05, 0) is 18.9 Å². The van der Waals surface area contributed by atoms with Gasteiger partial charge in [-0.2, -0.15) is 0 Å². The largest absolute Gasteiger partial charge is 0.480 e. The van der Waals surface area contributed by atoms with Gasteiger partial charge in [-0.3, -0.25) is 4.79 Å². The summed E-state index contributed by atoms with van der Waals surface area (Å²) in [5, 5.41) is 8.89. The molecule has 1 aromatic rings. The highest BCUT2D eigenvalue weighted by atomic mass is 16.4.